The number of likely N-dealkylation sites (N-methyl/N-ethyl adjacent to an activating group) is 1. The van der Waals surface area contributed by atoms with Crippen LogP contribution in [0.3, 0.4) is 0 Å². The Bertz CT molecular complexity index is 546. The van der Waals surface area contributed by atoms with E-state index in [9.17, 15) is 4.79 Å². The van der Waals surface area contributed by atoms with Crippen molar-refractivity contribution in [2.45, 2.75) is 44.6 Å². The predicted molar refractivity (Wildman–Crippen MR) is 92.8 cm³/mol. The van der Waals surface area contributed by atoms with Crippen molar-refractivity contribution in [3.05, 3.63) is 29.8 Å². The predicted octanol–water partition coefficient (Wildman–Crippen LogP) is 3.90. The molecule has 0 radical (unpaired) electrons. The molecule has 1 saturated carbocycles. The number of methoxy groups -OCH3 is 2. The lowest BCUT2D eigenvalue weighted by molar-refractivity contribution is -0.126. The maximum atomic E-state index is 12.4. The third-order valence-corrected chi connectivity index (χ3v) is 4.57. The molecule has 0 aliphatic heterocycles. The second-order valence-electron chi connectivity index (χ2n) is 6.04. The maximum absolute atomic E-state index is 12.4. The summed E-state index contributed by atoms with van der Waals surface area (Å²) < 4.78 is 10.5. The molecule has 0 bridgehead atoms. The van der Waals surface area contributed by atoms with E-state index in [-0.39, 0.29) is 5.91 Å². The average Bonchev–Trinajstić information content (AvgIpc) is 2.88. The van der Waals surface area contributed by atoms with Crippen molar-refractivity contribution in [2.75, 3.05) is 21.3 Å². The molecule has 0 saturated heterocycles. The molecule has 1 aromatic rings. The fourth-order valence-corrected chi connectivity index (χ4v) is 3.06. The average molecular weight is 317 g/mol. The molecule has 0 spiro atoms. The number of nitrogens with zero attached hydrogens (tertiary/aromatic N) is 1. The van der Waals surface area contributed by atoms with Crippen LogP contribution in [0.15, 0.2) is 24.3 Å². The van der Waals surface area contributed by atoms with E-state index in [0.29, 0.717) is 11.8 Å². The zero-order valence-electron chi connectivity index (χ0n) is 14.4. The first-order valence-electron chi connectivity index (χ1n) is 8.32. The smallest absolute Gasteiger partial charge is 0.246 e. The molecule has 2 rings (SSSR count). The van der Waals surface area contributed by atoms with E-state index in [1.165, 1.54) is 25.7 Å². The molecule has 0 N–H and O–H groups in total. The van der Waals surface area contributed by atoms with Crippen LogP contribution < -0.4 is 9.47 Å². The summed E-state index contributed by atoms with van der Waals surface area (Å²) in [5.41, 5.74) is 0.871. The molecule has 1 amide bonds. The van der Waals surface area contributed by atoms with Gasteiger partial charge in [0.15, 0.2) is 0 Å². The summed E-state index contributed by atoms with van der Waals surface area (Å²) >= 11 is 0. The fourth-order valence-electron chi connectivity index (χ4n) is 3.06. The monoisotopic (exact) mass is 317 g/mol. The lowest BCUT2D eigenvalue weighted by Crippen LogP contribution is -2.35. The summed E-state index contributed by atoms with van der Waals surface area (Å²) in [6.45, 7) is 0. The van der Waals surface area contributed by atoms with Crippen molar-refractivity contribution in [3.63, 3.8) is 0 Å². The lowest BCUT2D eigenvalue weighted by atomic mass is 10.1. The van der Waals surface area contributed by atoms with Crippen LogP contribution in [0.4, 0.5) is 0 Å². The molecule has 23 heavy (non-hydrogen) atoms. The highest BCUT2D eigenvalue weighted by Crippen LogP contribution is 2.26. The van der Waals surface area contributed by atoms with Crippen molar-refractivity contribution in [1.82, 2.24) is 4.90 Å². The zero-order chi connectivity index (χ0) is 16.7. The Hall–Kier alpha value is -1.97. The first kappa shape index (κ1) is 17.4. The van der Waals surface area contributed by atoms with E-state index < -0.39 is 0 Å². The zero-order valence-corrected chi connectivity index (χ0v) is 14.4. The SMILES string of the molecule is COc1ccc(/C=C/C(=O)N(C)C2CCCCCC2)c(OC)c1. The molecule has 1 aliphatic carbocycles. The lowest BCUT2D eigenvalue weighted by Gasteiger charge is -2.26. The Labute approximate surface area is 139 Å². The van der Waals surface area contributed by atoms with E-state index in [1.54, 1.807) is 20.3 Å². The minimum absolute atomic E-state index is 0.0507. The molecule has 1 aromatic carbocycles. The fraction of sp³-hybridized carbons (Fsp3) is 0.526. The van der Waals surface area contributed by atoms with Crippen LogP contribution in [0.5, 0.6) is 11.5 Å². The molecular weight excluding hydrogens is 290 g/mol. The number of benzene rings is 1. The Balaban J connectivity index is 2.05. The molecule has 1 aliphatic rings. The third kappa shape index (κ3) is 4.75. The van der Waals surface area contributed by atoms with Crippen LogP contribution in [0, 0.1) is 0 Å². The summed E-state index contributed by atoms with van der Waals surface area (Å²) in [5.74, 6) is 1.49. The van der Waals surface area contributed by atoms with E-state index in [2.05, 4.69) is 0 Å². The Morgan fingerprint density at radius 1 is 1.13 bits per heavy atom. The van der Waals surface area contributed by atoms with Gasteiger partial charge in [-0.25, -0.2) is 0 Å². The first-order valence-corrected chi connectivity index (χ1v) is 8.32. The standard InChI is InChI=1S/C19H27NO3/c1-20(16-8-6-4-5-7-9-16)19(21)13-11-15-10-12-17(22-2)14-18(15)23-3/h10-14,16H,4-9H2,1-3H3/b13-11+. The van der Waals surface area contributed by atoms with E-state index in [0.717, 1.165) is 24.2 Å². The number of rotatable bonds is 5. The van der Waals surface area contributed by atoms with Crippen molar-refractivity contribution in [2.24, 2.45) is 0 Å². The summed E-state index contributed by atoms with van der Waals surface area (Å²) in [6, 6.07) is 5.95. The van der Waals surface area contributed by atoms with E-state index in [1.807, 2.05) is 36.2 Å². The Morgan fingerprint density at radius 2 is 1.83 bits per heavy atom. The number of amides is 1. The molecule has 1 fully saturated rings. The molecule has 0 atom stereocenters. The second kappa shape index (κ2) is 8.61. The van der Waals surface area contributed by atoms with Gasteiger partial charge in [-0.15, -0.1) is 0 Å². The minimum atomic E-state index is 0.0507. The van der Waals surface area contributed by atoms with Gasteiger partial charge in [-0.1, -0.05) is 25.7 Å². The minimum Gasteiger partial charge on any atom is -0.497 e. The Morgan fingerprint density at radius 3 is 2.43 bits per heavy atom. The second-order valence-corrected chi connectivity index (χ2v) is 6.04. The van der Waals surface area contributed by atoms with Gasteiger partial charge in [0.25, 0.3) is 0 Å². The van der Waals surface area contributed by atoms with Crippen LogP contribution in [-0.2, 0) is 4.79 Å². The van der Waals surface area contributed by atoms with E-state index >= 15 is 0 Å². The summed E-state index contributed by atoms with van der Waals surface area (Å²) in [6.07, 6.45) is 10.7. The van der Waals surface area contributed by atoms with Gasteiger partial charge in [-0.05, 0) is 31.1 Å². The van der Waals surface area contributed by atoms with Gasteiger partial charge in [0.05, 0.1) is 14.2 Å². The molecule has 0 heterocycles. The summed E-state index contributed by atoms with van der Waals surface area (Å²) in [4.78, 5) is 14.3. The van der Waals surface area contributed by atoms with Crippen molar-refractivity contribution < 1.29 is 14.3 Å². The highest BCUT2D eigenvalue weighted by molar-refractivity contribution is 5.92. The van der Waals surface area contributed by atoms with Crippen LogP contribution in [0.25, 0.3) is 6.08 Å². The number of carbonyl (C=O) groups excluding carboxylic acids is 1. The molecule has 4 heteroatoms. The normalized spacial score (nSPS) is 16.1. The molecule has 4 nitrogen and oxygen atoms in total. The van der Waals surface area contributed by atoms with E-state index in [4.69, 9.17) is 9.47 Å². The van der Waals surface area contributed by atoms with Gasteiger partial charge in [0.2, 0.25) is 5.91 Å². The quantitative estimate of drug-likeness (QED) is 0.611. The molecule has 126 valence electrons. The van der Waals surface area contributed by atoms with Crippen LogP contribution in [0.2, 0.25) is 0 Å². The highest BCUT2D eigenvalue weighted by atomic mass is 16.5. The maximum Gasteiger partial charge on any atom is 0.246 e. The molecule has 0 aromatic heterocycles. The summed E-state index contributed by atoms with van der Waals surface area (Å²) in [5, 5.41) is 0. The largest absolute Gasteiger partial charge is 0.497 e. The van der Waals surface area contributed by atoms with Crippen LogP contribution >= 0.6 is 0 Å². The van der Waals surface area contributed by atoms with Crippen molar-refractivity contribution in [3.8, 4) is 11.5 Å². The number of hydrogen-bond acceptors (Lipinski definition) is 3. The van der Waals surface area contributed by atoms with Gasteiger partial charge in [-0.3, -0.25) is 4.79 Å². The molecule has 0 unspecified atom stereocenters. The number of hydrogen-bond donors (Lipinski definition) is 0. The molecular formula is C19H27NO3. The topological polar surface area (TPSA) is 38.8 Å². The first-order chi connectivity index (χ1) is 11.2. The van der Waals surface area contributed by atoms with Crippen molar-refractivity contribution >= 4 is 12.0 Å². The van der Waals surface area contributed by atoms with Crippen LogP contribution in [0.1, 0.15) is 44.1 Å². The summed E-state index contributed by atoms with van der Waals surface area (Å²) in [7, 11) is 5.15. The Kier molecular flexibility index (Phi) is 6.51. The van der Waals surface area contributed by atoms with Gasteiger partial charge < -0.3 is 14.4 Å². The van der Waals surface area contributed by atoms with Gasteiger partial charge >= 0.3 is 0 Å². The van der Waals surface area contributed by atoms with Gasteiger partial charge in [-0.2, -0.15) is 0 Å². The highest BCUT2D eigenvalue weighted by Gasteiger charge is 2.19. The van der Waals surface area contributed by atoms with Gasteiger partial charge in [0.1, 0.15) is 11.5 Å². The number of ether oxygens (including phenoxy) is 2. The van der Waals surface area contributed by atoms with Gasteiger partial charge in [0, 0.05) is 30.8 Å². The third-order valence-electron chi connectivity index (χ3n) is 4.57. The van der Waals surface area contributed by atoms with Crippen LogP contribution in [-0.4, -0.2) is 38.1 Å². The van der Waals surface area contributed by atoms with Crippen molar-refractivity contribution in [1.29, 1.82) is 0 Å². The number of carbonyl (C=O) groups is 1.